The molecule has 6 nitrogen and oxygen atoms in total. The highest BCUT2D eigenvalue weighted by Crippen LogP contribution is 2.29. The van der Waals surface area contributed by atoms with Crippen LogP contribution in [-0.2, 0) is 9.53 Å². The standard InChI is InChI=1S/C21H19F2NO5/c1-4-27-14-6-8-18-15(10-14)11(2)19(29-18)21(26)28-12(3)20(25)24-17-7-5-13(22)9-16(17)23/h5-10,12H,4H2,1-3H3,(H,24,25)/t12-/m0/s1. The lowest BCUT2D eigenvalue weighted by Crippen LogP contribution is -2.30. The Morgan fingerprint density at radius 1 is 1.17 bits per heavy atom. The number of hydrogen-bond donors (Lipinski definition) is 1. The van der Waals surface area contributed by atoms with Gasteiger partial charge in [0.05, 0.1) is 12.3 Å². The minimum absolute atomic E-state index is 0.0405. The molecule has 0 saturated carbocycles. The van der Waals surface area contributed by atoms with Crippen LogP contribution in [0.15, 0.2) is 40.8 Å². The van der Waals surface area contributed by atoms with Crippen LogP contribution >= 0.6 is 0 Å². The summed E-state index contributed by atoms with van der Waals surface area (Å²) < 4.78 is 42.8. The minimum Gasteiger partial charge on any atom is -0.494 e. The number of aryl methyl sites for hydroxylation is 1. The van der Waals surface area contributed by atoms with Crippen LogP contribution < -0.4 is 10.1 Å². The molecular weight excluding hydrogens is 384 g/mol. The average molecular weight is 403 g/mol. The number of nitrogens with one attached hydrogen (secondary N) is 1. The third-order valence-electron chi connectivity index (χ3n) is 4.25. The van der Waals surface area contributed by atoms with E-state index >= 15 is 0 Å². The van der Waals surface area contributed by atoms with Gasteiger partial charge in [0.15, 0.2) is 6.10 Å². The van der Waals surface area contributed by atoms with Crippen LogP contribution in [-0.4, -0.2) is 24.6 Å². The number of amides is 1. The van der Waals surface area contributed by atoms with Crippen molar-refractivity contribution in [2.24, 2.45) is 0 Å². The number of halogens is 2. The van der Waals surface area contributed by atoms with Crippen molar-refractivity contribution in [2.45, 2.75) is 26.9 Å². The topological polar surface area (TPSA) is 77.8 Å². The Morgan fingerprint density at radius 2 is 1.93 bits per heavy atom. The van der Waals surface area contributed by atoms with E-state index < -0.39 is 29.6 Å². The first-order valence-electron chi connectivity index (χ1n) is 8.93. The van der Waals surface area contributed by atoms with Crippen LogP contribution in [0, 0.1) is 18.6 Å². The summed E-state index contributed by atoms with van der Waals surface area (Å²) in [7, 11) is 0. The summed E-state index contributed by atoms with van der Waals surface area (Å²) in [6.45, 7) is 5.38. The maximum atomic E-state index is 13.7. The molecule has 1 amide bonds. The summed E-state index contributed by atoms with van der Waals surface area (Å²) in [5.74, 6) is -2.71. The summed E-state index contributed by atoms with van der Waals surface area (Å²) in [6.07, 6.45) is -1.24. The number of benzene rings is 2. The summed E-state index contributed by atoms with van der Waals surface area (Å²) in [5.41, 5.74) is 0.801. The number of furan rings is 1. The molecule has 0 fully saturated rings. The molecule has 1 atom stereocenters. The quantitative estimate of drug-likeness (QED) is 0.609. The summed E-state index contributed by atoms with van der Waals surface area (Å²) in [6, 6.07) is 7.87. The van der Waals surface area contributed by atoms with Crippen LogP contribution in [0.3, 0.4) is 0 Å². The van der Waals surface area contributed by atoms with Crippen molar-refractivity contribution < 1.29 is 32.3 Å². The number of esters is 1. The molecule has 8 heteroatoms. The molecule has 1 heterocycles. The molecule has 152 valence electrons. The summed E-state index contributed by atoms with van der Waals surface area (Å²) >= 11 is 0. The fraction of sp³-hybridized carbons (Fsp3) is 0.238. The molecule has 0 aliphatic heterocycles. The van der Waals surface area contributed by atoms with Gasteiger partial charge in [0.2, 0.25) is 5.76 Å². The number of hydrogen-bond acceptors (Lipinski definition) is 5. The van der Waals surface area contributed by atoms with Crippen molar-refractivity contribution in [1.82, 2.24) is 0 Å². The normalized spacial score (nSPS) is 11.9. The fourth-order valence-electron chi connectivity index (χ4n) is 2.74. The lowest BCUT2D eigenvalue weighted by Gasteiger charge is -2.13. The van der Waals surface area contributed by atoms with Crippen molar-refractivity contribution >= 4 is 28.5 Å². The van der Waals surface area contributed by atoms with Crippen LogP contribution in [0.5, 0.6) is 5.75 Å². The van der Waals surface area contributed by atoms with Gasteiger partial charge in [0, 0.05) is 17.0 Å². The van der Waals surface area contributed by atoms with Crippen molar-refractivity contribution in [2.75, 3.05) is 11.9 Å². The SMILES string of the molecule is CCOc1ccc2oc(C(=O)O[C@@H](C)C(=O)Nc3ccc(F)cc3F)c(C)c2c1. The van der Waals surface area contributed by atoms with E-state index in [4.69, 9.17) is 13.9 Å². The minimum atomic E-state index is -1.24. The summed E-state index contributed by atoms with van der Waals surface area (Å²) in [4.78, 5) is 24.7. The van der Waals surface area contributed by atoms with Gasteiger partial charge in [-0.05, 0) is 51.1 Å². The highest BCUT2D eigenvalue weighted by Gasteiger charge is 2.25. The second-order valence-electron chi connectivity index (χ2n) is 6.31. The highest BCUT2D eigenvalue weighted by atomic mass is 19.1. The van der Waals surface area contributed by atoms with E-state index in [-0.39, 0.29) is 11.4 Å². The molecular formula is C21H19F2NO5. The molecule has 0 aliphatic rings. The number of rotatable bonds is 6. The van der Waals surface area contributed by atoms with Gasteiger partial charge < -0.3 is 19.2 Å². The number of carbonyl (C=O) groups is 2. The highest BCUT2D eigenvalue weighted by molar-refractivity contribution is 5.99. The lowest BCUT2D eigenvalue weighted by molar-refractivity contribution is -0.123. The third kappa shape index (κ3) is 4.37. The molecule has 3 aromatic rings. The van der Waals surface area contributed by atoms with Gasteiger partial charge >= 0.3 is 5.97 Å². The smallest absolute Gasteiger partial charge is 0.375 e. The van der Waals surface area contributed by atoms with Crippen molar-refractivity contribution in [3.8, 4) is 5.75 Å². The first-order chi connectivity index (χ1) is 13.8. The predicted octanol–water partition coefficient (Wildman–Crippen LogP) is 4.60. The largest absolute Gasteiger partial charge is 0.494 e. The first kappa shape index (κ1) is 20.3. The molecule has 0 radical (unpaired) electrons. The first-order valence-corrected chi connectivity index (χ1v) is 8.93. The maximum Gasteiger partial charge on any atom is 0.375 e. The van der Waals surface area contributed by atoms with Crippen molar-refractivity contribution in [1.29, 1.82) is 0 Å². The van der Waals surface area contributed by atoms with E-state index in [1.54, 1.807) is 25.1 Å². The van der Waals surface area contributed by atoms with E-state index in [2.05, 4.69) is 5.32 Å². The average Bonchev–Trinajstić information content (AvgIpc) is 3.00. The van der Waals surface area contributed by atoms with E-state index in [0.29, 0.717) is 35.0 Å². The Hall–Kier alpha value is -3.42. The molecule has 0 spiro atoms. The van der Waals surface area contributed by atoms with Crippen LogP contribution in [0.25, 0.3) is 11.0 Å². The molecule has 0 saturated heterocycles. The zero-order valence-corrected chi connectivity index (χ0v) is 16.0. The molecule has 1 aromatic heterocycles. The van der Waals surface area contributed by atoms with Gasteiger partial charge in [-0.3, -0.25) is 4.79 Å². The summed E-state index contributed by atoms with van der Waals surface area (Å²) in [5, 5.41) is 2.94. The number of carbonyl (C=O) groups excluding carboxylic acids is 2. The fourth-order valence-corrected chi connectivity index (χ4v) is 2.74. The maximum absolute atomic E-state index is 13.7. The Labute approximate surface area is 165 Å². The third-order valence-corrected chi connectivity index (χ3v) is 4.25. The van der Waals surface area contributed by atoms with Crippen LogP contribution in [0.4, 0.5) is 14.5 Å². The number of fused-ring (bicyclic) bond motifs is 1. The van der Waals surface area contributed by atoms with E-state index in [1.807, 2.05) is 6.92 Å². The van der Waals surface area contributed by atoms with Gasteiger partial charge in [-0.15, -0.1) is 0 Å². The van der Waals surface area contributed by atoms with Crippen molar-refractivity contribution in [3.05, 3.63) is 59.4 Å². The predicted molar refractivity (Wildman–Crippen MR) is 102 cm³/mol. The van der Waals surface area contributed by atoms with Crippen LogP contribution in [0.1, 0.15) is 30.0 Å². The second kappa shape index (κ2) is 8.30. The zero-order chi connectivity index (χ0) is 21.1. The Kier molecular flexibility index (Phi) is 5.81. The van der Waals surface area contributed by atoms with E-state index in [1.165, 1.54) is 6.92 Å². The molecule has 1 N–H and O–H groups in total. The number of ether oxygens (including phenoxy) is 2. The molecule has 0 aliphatic carbocycles. The Balaban J connectivity index is 1.73. The van der Waals surface area contributed by atoms with Gasteiger partial charge in [-0.1, -0.05) is 0 Å². The zero-order valence-electron chi connectivity index (χ0n) is 16.0. The van der Waals surface area contributed by atoms with Gasteiger partial charge in [0.1, 0.15) is 23.0 Å². The molecule has 3 rings (SSSR count). The number of anilines is 1. The Bertz CT molecular complexity index is 1080. The van der Waals surface area contributed by atoms with E-state index in [9.17, 15) is 18.4 Å². The molecule has 29 heavy (non-hydrogen) atoms. The van der Waals surface area contributed by atoms with Gasteiger partial charge in [-0.25, -0.2) is 13.6 Å². The van der Waals surface area contributed by atoms with Crippen LogP contribution in [0.2, 0.25) is 0 Å². The lowest BCUT2D eigenvalue weighted by atomic mass is 10.1. The van der Waals surface area contributed by atoms with Gasteiger partial charge in [0.25, 0.3) is 5.91 Å². The van der Waals surface area contributed by atoms with Gasteiger partial charge in [-0.2, -0.15) is 0 Å². The molecule has 2 aromatic carbocycles. The Morgan fingerprint density at radius 3 is 2.62 bits per heavy atom. The van der Waals surface area contributed by atoms with Crippen molar-refractivity contribution in [3.63, 3.8) is 0 Å². The molecule has 0 bridgehead atoms. The monoisotopic (exact) mass is 403 g/mol. The second-order valence-corrected chi connectivity index (χ2v) is 6.31. The van der Waals surface area contributed by atoms with E-state index in [0.717, 1.165) is 12.1 Å². The molecule has 0 unspecified atom stereocenters.